The zero-order valence-electron chi connectivity index (χ0n) is 13.9. The van der Waals surface area contributed by atoms with Crippen molar-refractivity contribution in [2.75, 3.05) is 5.32 Å². The van der Waals surface area contributed by atoms with Crippen LogP contribution in [0.3, 0.4) is 0 Å². The van der Waals surface area contributed by atoms with Crippen molar-refractivity contribution in [2.24, 2.45) is 0 Å². The lowest BCUT2D eigenvalue weighted by atomic mass is 9.83. The molecule has 0 aliphatic heterocycles. The molecule has 0 spiro atoms. The SMILES string of the molecule is CC(C)(C#N)c1ccccc1CNc1ccc(-n2cccn2)cc1. The van der Waals surface area contributed by atoms with E-state index in [1.807, 2.05) is 73.3 Å². The van der Waals surface area contributed by atoms with Gasteiger partial charge in [-0.1, -0.05) is 24.3 Å². The van der Waals surface area contributed by atoms with Crippen LogP contribution >= 0.6 is 0 Å². The minimum Gasteiger partial charge on any atom is -0.381 e. The van der Waals surface area contributed by atoms with Crippen molar-refractivity contribution in [1.29, 1.82) is 5.26 Å². The van der Waals surface area contributed by atoms with E-state index in [1.54, 1.807) is 6.20 Å². The van der Waals surface area contributed by atoms with Crippen molar-refractivity contribution < 1.29 is 0 Å². The first-order valence-corrected chi connectivity index (χ1v) is 7.94. The molecule has 1 aromatic heterocycles. The van der Waals surface area contributed by atoms with Crippen molar-refractivity contribution >= 4 is 5.69 Å². The average Bonchev–Trinajstić information content (AvgIpc) is 3.15. The molecule has 0 aliphatic rings. The smallest absolute Gasteiger partial charge is 0.0769 e. The second kappa shape index (κ2) is 6.59. The van der Waals surface area contributed by atoms with Gasteiger partial charge in [0.1, 0.15) is 0 Å². The average molecular weight is 316 g/mol. The molecular formula is C20H20N4. The Morgan fingerprint density at radius 1 is 1.08 bits per heavy atom. The molecule has 24 heavy (non-hydrogen) atoms. The monoisotopic (exact) mass is 316 g/mol. The quantitative estimate of drug-likeness (QED) is 0.764. The Bertz CT molecular complexity index is 840. The fraction of sp³-hybridized carbons (Fsp3) is 0.200. The molecule has 0 fully saturated rings. The number of benzene rings is 2. The Labute approximate surface area is 142 Å². The van der Waals surface area contributed by atoms with Gasteiger partial charge in [-0.25, -0.2) is 4.68 Å². The van der Waals surface area contributed by atoms with Gasteiger partial charge >= 0.3 is 0 Å². The maximum Gasteiger partial charge on any atom is 0.0769 e. The summed E-state index contributed by atoms with van der Waals surface area (Å²) < 4.78 is 1.83. The van der Waals surface area contributed by atoms with Crippen molar-refractivity contribution in [3.05, 3.63) is 78.1 Å². The van der Waals surface area contributed by atoms with Gasteiger partial charge in [0.05, 0.1) is 17.2 Å². The molecule has 0 radical (unpaired) electrons. The number of rotatable bonds is 5. The third kappa shape index (κ3) is 3.31. The molecular weight excluding hydrogens is 296 g/mol. The zero-order valence-corrected chi connectivity index (χ0v) is 13.9. The highest BCUT2D eigenvalue weighted by Gasteiger charge is 2.22. The van der Waals surface area contributed by atoms with Crippen molar-refractivity contribution in [1.82, 2.24) is 9.78 Å². The third-order valence-corrected chi connectivity index (χ3v) is 4.09. The molecule has 0 bridgehead atoms. The number of hydrogen-bond donors (Lipinski definition) is 1. The lowest BCUT2D eigenvalue weighted by molar-refractivity contribution is 0.677. The Hall–Kier alpha value is -3.06. The summed E-state index contributed by atoms with van der Waals surface area (Å²) in [6.07, 6.45) is 3.68. The Morgan fingerprint density at radius 3 is 2.50 bits per heavy atom. The van der Waals surface area contributed by atoms with Crippen LogP contribution in [0.25, 0.3) is 5.69 Å². The van der Waals surface area contributed by atoms with Crippen LogP contribution in [0.15, 0.2) is 67.0 Å². The highest BCUT2D eigenvalue weighted by Crippen LogP contribution is 2.26. The van der Waals surface area contributed by atoms with Gasteiger partial charge in [-0.05, 0) is 55.3 Å². The molecule has 0 amide bonds. The number of aromatic nitrogens is 2. The summed E-state index contributed by atoms with van der Waals surface area (Å²) in [4.78, 5) is 0. The first-order valence-electron chi connectivity index (χ1n) is 7.94. The van der Waals surface area contributed by atoms with Gasteiger partial charge in [-0.15, -0.1) is 0 Å². The molecule has 0 saturated carbocycles. The summed E-state index contributed by atoms with van der Waals surface area (Å²) in [7, 11) is 0. The number of nitriles is 1. The van der Waals surface area contributed by atoms with Crippen molar-refractivity contribution in [2.45, 2.75) is 25.8 Å². The second-order valence-corrected chi connectivity index (χ2v) is 6.25. The molecule has 4 nitrogen and oxygen atoms in total. The molecule has 0 unspecified atom stereocenters. The second-order valence-electron chi connectivity index (χ2n) is 6.25. The molecule has 3 aromatic rings. The summed E-state index contributed by atoms with van der Waals surface area (Å²) in [5.74, 6) is 0. The van der Waals surface area contributed by atoms with Gasteiger partial charge in [0, 0.05) is 24.6 Å². The van der Waals surface area contributed by atoms with Gasteiger partial charge < -0.3 is 5.32 Å². The van der Waals surface area contributed by atoms with Crippen molar-refractivity contribution in [3.63, 3.8) is 0 Å². The van der Waals surface area contributed by atoms with Gasteiger partial charge in [-0.3, -0.25) is 0 Å². The molecule has 2 aromatic carbocycles. The van der Waals surface area contributed by atoms with E-state index in [0.717, 1.165) is 22.5 Å². The molecule has 0 atom stereocenters. The molecule has 0 aliphatic carbocycles. The summed E-state index contributed by atoms with van der Waals surface area (Å²) in [5.41, 5.74) is 3.77. The standard InChI is InChI=1S/C20H20N4/c1-20(2,15-21)19-7-4-3-6-16(19)14-22-17-8-10-18(11-9-17)24-13-5-12-23-24/h3-13,22H,14H2,1-2H3. The lowest BCUT2D eigenvalue weighted by Gasteiger charge is -2.20. The molecule has 4 heteroatoms. The molecule has 1 heterocycles. The number of nitrogens with zero attached hydrogens (tertiary/aromatic N) is 3. The van der Waals surface area contributed by atoms with Crippen LogP contribution in [0.2, 0.25) is 0 Å². The van der Waals surface area contributed by atoms with E-state index < -0.39 is 5.41 Å². The maximum atomic E-state index is 9.40. The minimum atomic E-state index is -0.498. The van der Waals surface area contributed by atoms with Gasteiger partial charge in [-0.2, -0.15) is 10.4 Å². The first kappa shape index (κ1) is 15.8. The van der Waals surface area contributed by atoms with Crippen LogP contribution in [0, 0.1) is 11.3 Å². The van der Waals surface area contributed by atoms with E-state index >= 15 is 0 Å². The highest BCUT2D eigenvalue weighted by molar-refractivity contribution is 5.49. The fourth-order valence-electron chi connectivity index (χ4n) is 2.70. The fourth-order valence-corrected chi connectivity index (χ4v) is 2.70. The minimum absolute atomic E-state index is 0.498. The molecule has 3 rings (SSSR count). The summed E-state index contributed by atoms with van der Waals surface area (Å²) in [6.45, 7) is 4.58. The Morgan fingerprint density at radius 2 is 1.83 bits per heavy atom. The predicted octanol–water partition coefficient (Wildman–Crippen LogP) is 4.29. The van der Waals surface area contributed by atoms with E-state index in [2.05, 4.69) is 22.6 Å². The third-order valence-electron chi connectivity index (χ3n) is 4.09. The van der Waals surface area contributed by atoms with E-state index in [0.29, 0.717) is 6.54 Å². The van der Waals surface area contributed by atoms with Crippen LogP contribution < -0.4 is 5.32 Å². The Balaban J connectivity index is 1.74. The van der Waals surface area contributed by atoms with Crippen LogP contribution in [-0.4, -0.2) is 9.78 Å². The van der Waals surface area contributed by atoms with E-state index in [-0.39, 0.29) is 0 Å². The van der Waals surface area contributed by atoms with E-state index in [9.17, 15) is 5.26 Å². The Kier molecular flexibility index (Phi) is 4.35. The normalized spacial score (nSPS) is 11.0. The van der Waals surface area contributed by atoms with E-state index in [4.69, 9.17) is 0 Å². The highest BCUT2D eigenvalue weighted by atomic mass is 15.3. The largest absolute Gasteiger partial charge is 0.381 e. The van der Waals surface area contributed by atoms with Gasteiger partial charge in [0.15, 0.2) is 0 Å². The summed E-state index contributed by atoms with van der Waals surface area (Å²) in [5, 5.41) is 17.1. The van der Waals surface area contributed by atoms with E-state index in [1.165, 1.54) is 0 Å². The molecule has 120 valence electrons. The van der Waals surface area contributed by atoms with Crippen LogP contribution in [0.4, 0.5) is 5.69 Å². The predicted molar refractivity (Wildman–Crippen MR) is 96.0 cm³/mol. The maximum absolute atomic E-state index is 9.40. The number of anilines is 1. The topological polar surface area (TPSA) is 53.6 Å². The van der Waals surface area contributed by atoms with Crippen LogP contribution in [-0.2, 0) is 12.0 Å². The number of nitrogens with one attached hydrogen (secondary N) is 1. The van der Waals surface area contributed by atoms with Crippen molar-refractivity contribution in [3.8, 4) is 11.8 Å². The van der Waals surface area contributed by atoms with Gasteiger partial charge in [0.25, 0.3) is 0 Å². The molecule has 1 N–H and O–H groups in total. The molecule has 0 saturated heterocycles. The lowest BCUT2D eigenvalue weighted by Crippen LogP contribution is -2.17. The zero-order chi connectivity index (χ0) is 17.0. The first-order chi connectivity index (χ1) is 11.6. The summed E-state index contributed by atoms with van der Waals surface area (Å²) in [6, 6.07) is 20.5. The number of hydrogen-bond acceptors (Lipinski definition) is 3. The van der Waals surface area contributed by atoms with Crippen LogP contribution in [0.1, 0.15) is 25.0 Å². The van der Waals surface area contributed by atoms with Crippen LogP contribution in [0.5, 0.6) is 0 Å². The van der Waals surface area contributed by atoms with Gasteiger partial charge in [0.2, 0.25) is 0 Å². The summed E-state index contributed by atoms with van der Waals surface area (Å²) >= 11 is 0.